The number of benzene rings is 1. The monoisotopic (exact) mass is 308 g/mol. The highest BCUT2D eigenvalue weighted by Crippen LogP contribution is 2.24. The summed E-state index contributed by atoms with van der Waals surface area (Å²) in [6, 6.07) is 5.29. The zero-order valence-corrected chi connectivity index (χ0v) is 12.1. The molecule has 0 aliphatic carbocycles. The maximum atomic E-state index is 13.5. The molecule has 3 nitrogen and oxygen atoms in total. The molecule has 1 aromatic heterocycles. The van der Waals surface area contributed by atoms with Crippen molar-refractivity contribution < 1.29 is 13.6 Å². The molecule has 0 bridgehead atoms. The lowest BCUT2D eigenvalue weighted by Gasteiger charge is -2.27. The van der Waals surface area contributed by atoms with Crippen molar-refractivity contribution in [2.24, 2.45) is 0 Å². The molecule has 1 amide bonds. The van der Waals surface area contributed by atoms with E-state index in [0.717, 1.165) is 18.6 Å². The Bertz CT molecular complexity index is 671. The molecule has 3 rings (SSSR count). The van der Waals surface area contributed by atoms with Crippen LogP contribution in [0.2, 0.25) is 0 Å². The lowest BCUT2D eigenvalue weighted by Crippen LogP contribution is -2.38. The minimum Gasteiger partial charge on any atom is -0.374 e. The minimum absolute atomic E-state index is 0.00201. The van der Waals surface area contributed by atoms with Gasteiger partial charge in [0.2, 0.25) is 5.91 Å². The number of anilines is 1. The van der Waals surface area contributed by atoms with E-state index in [0.29, 0.717) is 13.1 Å². The molecule has 2 aromatic rings. The standard InChI is InChI=1S/C15H14F2N2OS/c16-11-1-2-13(12(17)7-11)18-8-15(20)19-5-3-14-10(9-19)4-6-21-14/h1-2,4,6-7,18H,3,5,8-9H2. The fraction of sp³-hybridized carbons (Fsp3) is 0.267. The van der Waals surface area contributed by atoms with E-state index in [4.69, 9.17) is 0 Å². The van der Waals surface area contributed by atoms with Gasteiger partial charge < -0.3 is 10.2 Å². The van der Waals surface area contributed by atoms with E-state index < -0.39 is 11.6 Å². The fourth-order valence-corrected chi connectivity index (χ4v) is 3.27. The van der Waals surface area contributed by atoms with E-state index >= 15 is 0 Å². The van der Waals surface area contributed by atoms with Gasteiger partial charge in [-0.3, -0.25) is 4.79 Å². The summed E-state index contributed by atoms with van der Waals surface area (Å²) in [7, 11) is 0. The van der Waals surface area contributed by atoms with E-state index in [1.54, 1.807) is 16.2 Å². The molecule has 2 heterocycles. The molecule has 1 aromatic carbocycles. The third-order valence-corrected chi connectivity index (χ3v) is 4.54. The second kappa shape index (κ2) is 5.81. The van der Waals surface area contributed by atoms with Crippen LogP contribution in [0.15, 0.2) is 29.6 Å². The van der Waals surface area contributed by atoms with Crippen molar-refractivity contribution in [1.82, 2.24) is 4.90 Å². The Morgan fingerprint density at radius 2 is 2.19 bits per heavy atom. The number of thiophene rings is 1. The number of nitrogens with zero attached hydrogens (tertiary/aromatic N) is 1. The second-order valence-electron chi connectivity index (χ2n) is 4.91. The average Bonchev–Trinajstić information content (AvgIpc) is 2.93. The summed E-state index contributed by atoms with van der Waals surface area (Å²) in [6.45, 7) is 1.28. The number of fused-ring (bicyclic) bond motifs is 1. The van der Waals surface area contributed by atoms with Gasteiger partial charge in [-0.05, 0) is 35.6 Å². The Morgan fingerprint density at radius 1 is 1.33 bits per heavy atom. The van der Waals surface area contributed by atoms with Crippen LogP contribution < -0.4 is 5.32 Å². The molecule has 1 N–H and O–H groups in total. The van der Waals surface area contributed by atoms with Crippen molar-refractivity contribution in [3.63, 3.8) is 0 Å². The van der Waals surface area contributed by atoms with E-state index in [9.17, 15) is 13.6 Å². The van der Waals surface area contributed by atoms with Crippen molar-refractivity contribution in [2.45, 2.75) is 13.0 Å². The van der Waals surface area contributed by atoms with Gasteiger partial charge in [0.25, 0.3) is 0 Å². The van der Waals surface area contributed by atoms with Crippen LogP contribution >= 0.6 is 11.3 Å². The molecule has 1 aliphatic rings. The maximum absolute atomic E-state index is 13.5. The van der Waals surface area contributed by atoms with Crippen LogP contribution in [-0.4, -0.2) is 23.9 Å². The first-order valence-electron chi connectivity index (χ1n) is 6.65. The summed E-state index contributed by atoms with van der Waals surface area (Å²) in [5, 5.41) is 4.76. The van der Waals surface area contributed by atoms with E-state index in [-0.39, 0.29) is 18.1 Å². The lowest BCUT2D eigenvalue weighted by molar-refractivity contribution is -0.130. The van der Waals surface area contributed by atoms with Gasteiger partial charge in [-0.15, -0.1) is 11.3 Å². The summed E-state index contributed by atoms with van der Waals surface area (Å²) in [6.07, 6.45) is 0.865. The number of nitrogens with one attached hydrogen (secondary N) is 1. The lowest BCUT2D eigenvalue weighted by atomic mass is 10.1. The SMILES string of the molecule is O=C(CNc1ccc(F)cc1F)N1CCc2sccc2C1. The number of hydrogen-bond acceptors (Lipinski definition) is 3. The highest BCUT2D eigenvalue weighted by molar-refractivity contribution is 7.10. The second-order valence-corrected chi connectivity index (χ2v) is 5.91. The molecule has 0 fully saturated rings. The summed E-state index contributed by atoms with van der Waals surface area (Å²) in [5.74, 6) is -1.41. The minimum atomic E-state index is -0.693. The predicted molar refractivity (Wildman–Crippen MR) is 78.3 cm³/mol. The van der Waals surface area contributed by atoms with Crippen LogP contribution in [0.4, 0.5) is 14.5 Å². The highest BCUT2D eigenvalue weighted by atomic mass is 32.1. The number of carbonyl (C=O) groups is 1. The Hall–Kier alpha value is -1.95. The Labute approximate surface area is 125 Å². The largest absolute Gasteiger partial charge is 0.374 e. The van der Waals surface area contributed by atoms with E-state index in [1.165, 1.54) is 16.5 Å². The Balaban J connectivity index is 1.60. The molecule has 6 heteroatoms. The zero-order valence-electron chi connectivity index (χ0n) is 11.2. The average molecular weight is 308 g/mol. The maximum Gasteiger partial charge on any atom is 0.242 e. The molecular weight excluding hydrogens is 294 g/mol. The van der Waals surface area contributed by atoms with Gasteiger partial charge >= 0.3 is 0 Å². The molecule has 0 atom stereocenters. The quantitative estimate of drug-likeness (QED) is 0.945. The first-order valence-corrected chi connectivity index (χ1v) is 7.53. The van der Waals surface area contributed by atoms with Crippen molar-refractivity contribution in [3.05, 3.63) is 51.7 Å². The van der Waals surface area contributed by atoms with E-state index in [1.807, 2.05) is 11.4 Å². The van der Waals surface area contributed by atoms with Crippen LogP contribution in [-0.2, 0) is 17.8 Å². The number of rotatable bonds is 3. The molecule has 0 saturated heterocycles. The molecule has 21 heavy (non-hydrogen) atoms. The van der Waals surface area contributed by atoms with Gasteiger partial charge in [0, 0.05) is 24.0 Å². The smallest absolute Gasteiger partial charge is 0.242 e. The molecule has 1 aliphatic heterocycles. The molecular formula is C15H14F2N2OS. The summed E-state index contributed by atoms with van der Waals surface area (Å²) in [5.41, 5.74) is 1.32. The summed E-state index contributed by atoms with van der Waals surface area (Å²) < 4.78 is 26.3. The molecule has 0 unspecified atom stereocenters. The van der Waals surface area contributed by atoms with Crippen molar-refractivity contribution in [1.29, 1.82) is 0 Å². The molecule has 0 spiro atoms. The number of carbonyl (C=O) groups excluding carboxylic acids is 1. The van der Waals surface area contributed by atoms with Crippen molar-refractivity contribution in [3.8, 4) is 0 Å². The normalized spacial score (nSPS) is 13.9. The predicted octanol–water partition coefficient (Wildman–Crippen LogP) is 3.02. The highest BCUT2D eigenvalue weighted by Gasteiger charge is 2.21. The Morgan fingerprint density at radius 3 is 3.00 bits per heavy atom. The number of hydrogen-bond donors (Lipinski definition) is 1. The van der Waals surface area contributed by atoms with Crippen LogP contribution in [0.1, 0.15) is 10.4 Å². The molecule has 0 saturated carbocycles. The third-order valence-electron chi connectivity index (χ3n) is 3.52. The third kappa shape index (κ3) is 3.05. The topological polar surface area (TPSA) is 32.3 Å². The van der Waals surface area contributed by atoms with Gasteiger partial charge in [-0.2, -0.15) is 0 Å². The summed E-state index contributed by atoms with van der Waals surface area (Å²) >= 11 is 1.71. The van der Waals surface area contributed by atoms with Gasteiger partial charge in [0.1, 0.15) is 11.6 Å². The van der Waals surface area contributed by atoms with E-state index in [2.05, 4.69) is 5.32 Å². The van der Waals surface area contributed by atoms with Gasteiger partial charge in [-0.1, -0.05) is 0 Å². The number of amides is 1. The molecule has 110 valence electrons. The van der Waals surface area contributed by atoms with Crippen LogP contribution in [0.5, 0.6) is 0 Å². The van der Waals surface area contributed by atoms with Gasteiger partial charge in [0.15, 0.2) is 0 Å². The van der Waals surface area contributed by atoms with Crippen molar-refractivity contribution >= 4 is 22.9 Å². The van der Waals surface area contributed by atoms with Crippen LogP contribution in [0, 0.1) is 11.6 Å². The fourth-order valence-electron chi connectivity index (χ4n) is 2.38. The molecule has 0 radical (unpaired) electrons. The first-order chi connectivity index (χ1) is 10.1. The van der Waals surface area contributed by atoms with Gasteiger partial charge in [0.05, 0.1) is 12.2 Å². The van der Waals surface area contributed by atoms with Crippen molar-refractivity contribution in [2.75, 3.05) is 18.4 Å². The van der Waals surface area contributed by atoms with Crippen LogP contribution in [0.25, 0.3) is 0 Å². The Kier molecular flexibility index (Phi) is 3.88. The first kappa shape index (κ1) is 14.0. The number of halogens is 2. The van der Waals surface area contributed by atoms with Gasteiger partial charge in [-0.25, -0.2) is 8.78 Å². The van der Waals surface area contributed by atoms with Crippen LogP contribution in [0.3, 0.4) is 0 Å². The summed E-state index contributed by atoms with van der Waals surface area (Å²) in [4.78, 5) is 15.2. The zero-order chi connectivity index (χ0) is 14.8.